The average Bonchev–Trinajstić information content (AvgIpc) is 3.01. The predicted molar refractivity (Wildman–Crippen MR) is 103 cm³/mol. The van der Waals surface area contributed by atoms with E-state index < -0.39 is 20.6 Å². The molecule has 0 amide bonds. The lowest BCUT2D eigenvalue weighted by Crippen LogP contribution is -2.22. The van der Waals surface area contributed by atoms with Crippen molar-refractivity contribution in [2.45, 2.75) is 18.4 Å². The fourth-order valence-corrected chi connectivity index (χ4v) is 4.20. The van der Waals surface area contributed by atoms with Gasteiger partial charge in [-0.25, -0.2) is 17.7 Å². The summed E-state index contributed by atoms with van der Waals surface area (Å²) in [4.78, 5) is 15.0. The van der Waals surface area contributed by atoms with Crippen molar-refractivity contribution in [2.75, 3.05) is 14.1 Å². The fraction of sp³-hybridized carbons (Fsp3) is 0.235. The van der Waals surface area contributed by atoms with Gasteiger partial charge in [-0.1, -0.05) is 6.07 Å². The molecule has 0 N–H and O–H groups in total. The first-order chi connectivity index (χ1) is 12.7. The van der Waals surface area contributed by atoms with Crippen molar-refractivity contribution < 1.29 is 18.1 Å². The Labute approximate surface area is 160 Å². The van der Waals surface area contributed by atoms with Gasteiger partial charge in [-0.3, -0.25) is 10.1 Å². The zero-order valence-corrected chi connectivity index (χ0v) is 16.5. The molecule has 142 valence electrons. The average molecular weight is 407 g/mol. The van der Waals surface area contributed by atoms with Gasteiger partial charge in [0.1, 0.15) is 11.6 Å². The molecule has 0 unspecified atom stereocenters. The molecular weight excluding hydrogens is 390 g/mol. The van der Waals surface area contributed by atoms with E-state index in [1.807, 2.05) is 25.1 Å². The third-order valence-corrected chi connectivity index (χ3v) is 6.67. The quantitative estimate of drug-likeness (QED) is 0.459. The SMILES string of the molecule is Cc1ccc2sc(COc3ccc(S(=O)(=O)N(C)C)cc3[N+](=O)[O-])nc2c1. The van der Waals surface area contributed by atoms with Gasteiger partial charge in [0.15, 0.2) is 5.75 Å². The lowest BCUT2D eigenvalue weighted by molar-refractivity contribution is -0.386. The van der Waals surface area contributed by atoms with Gasteiger partial charge in [-0.05, 0) is 36.8 Å². The molecule has 3 aromatic rings. The number of rotatable bonds is 6. The maximum Gasteiger partial charge on any atom is 0.312 e. The number of sulfonamides is 1. The van der Waals surface area contributed by atoms with Crippen LogP contribution in [-0.4, -0.2) is 36.7 Å². The van der Waals surface area contributed by atoms with Crippen LogP contribution in [-0.2, 0) is 16.6 Å². The van der Waals surface area contributed by atoms with Crippen LogP contribution in [0, 0.1) is 17.0 Å². The fourth-order valence-electron chi connectivity index (χ4n) is 2.42. The second-order valence-electron chi connectivity index (χ2n) is 6.04. The van der Waals surface area contributed by atoms with Crippen LogP contribution in [0.25, 0.3) is 10.2 Å². The zero-order valence-electron chi connectivity index (χ0n) is 14.9. The van der Waals surface area contributed by atoms with Crippen LogP contribution in [0.1, 0.15) is 10.6 Å². The number of ether oxygens (including phenoxy) is 1. The highest BCUT2D eigenvalue weighted by Gasteiger charge is 2.24. The summed E-state index contributed by atoms with van der Waals surface area (Å²) < 4.78 is 31.9. The summed E-state index contributed by atoms with van der Waals surface area (Å²) in [6.07, 6.45) is 0. The largest absolute Gasteiger partial charge is 0.479 e. The van der Waals surface area contributed by atoms with Crippen LogP contribution in [0.4, 0.5) is 5.69 Å². The number of benzene rings is 2. The van der Waals surface area contributed by atoms with Gasteiger partial charge in [0.2, 0.25) is 10.0 Å². The number of hydrogen-bond acceptors (Lipinski definition) is 7. The molecule has 0 radical (unpaired) electrons. The molecule has 3 rings (SSSR count). The Bertz CT molecular complexity index is 1120. The highest BCUT2D eigenvalue weighted by Crippen LogP contribution is 2.32. The molecule has 0 atom stereocenters. The van der Waals surface area contributed by atoms with E-state index in [1.54, 1.807) is 0 Å². The number of thiazole rings is 1. The van der Waals surface area contributed by atoms with E-state index in [4.69, 9.17) is 4.74 Å². The number of aryl methyl sites for hydroxylation is 1. The lowest BCUT2D eigenvalue weighted by Gasteiger charge is -2.12. The first kappa shape index (κ1) is 19.2. The van der Waals surface area contributed by atoms with Crippen LogP contribution < -0.4 is 4.74 Å². The summed E-state index contributed by atoms with van der Waals surface area (Å²) >= 11 is 1.44. The molecule has 0 aliphatic heterocycles. The second-order valence-corrected chi connectivity index (χ2v) is 9.31. The molecule has 27 heavy (non-hydrogen) atoms. The Hall–Kier alpha value is -2.56. The van der Waals surface area contributed by atoms with Crippen molar-refractivity contribution in [2.24, 2.45) is 0 Å². The minimum atomic E-state index is -3.78. The second kappa shape index (κ2) is 7.22. The molecule has 0 saturated carbocycles. The van der Waals surface area contributed by atoms with Gasteiger partial charge >= 0.3 is 5.69 Å². The minimum absolute atomic E-state index is 0.00635. The number of hydrogen-bond donors (Lipinski definition) is 0. The van der Waals surface area contributed by atoms with Crippen molar-refractivity contribution in [3.63, 3.8) is 0 Å². The van der Waals surface area contributed by atoms with Crippen LogP contribution in [0.3, 0.4) is 0 Å². The summed E-state index contributed by atoms with van der Waals surface area (Å²) in [5.74, 6) is -0.00635. The van der Waals surface area contributed by atoms with Gasteiger partial charge in [0, 0.05) is 20.2 Å². The van der Waals surface area contributed by atoms with E-state index in [9.17, 15) is 18.5 Å². The summed E-state index contributed by atoms with van der Waals surface area (Å²) in [5, 5.41) is 12.0. The van der Waals surface area contributed by atoms with E-state index >= 15 is 0 Å². The molecule has 1 aromatic heterocycles. The van der Waals surface area contributed by atoms with Gasteiger partial charge in [-0.2, -0.15) is 0 Å². The molecular formula is C17H17N3O5S2. The predicted octanol–water partition coefficient (Wildman–Crippen LogP) is 3.34. The molecule has 10 heteroatoms. The summed E-state index contributed by atoms with van der Waals surface area (Å²) in [7, 11) is -1.05. The Kier molecular flexibility index (Phi) is 5.13. The van der Waals surface area contributed by atoms with Gasteiger partial charge in [0.05, 0.1) is 20.0 Å². The highest BCUT2D eigenvalue weighted by molar-refractivity contribution is 7.89. The van der Waals surface area contributed by atoms with Crippen LogP contribution in [0.15, 0.2) is 41.3 Å². The van der Waals surface area contributed by atoms with Crippen molar-refractivity contribution >= 4 is 37.3 Å². The number of fused-ring (bicyclic) bond motifs is 1. The summed E-state index contributed by atoms with van der Waals surface area (Å²) in [6, 6.07) is 9.51. The van der Waals surface area contributed by atoms with Crippen molar-refractivity contribution in [3.05, 3.63) is 57.1 Å². The van der Waals surface area contributed by atoms with Gasteiger partial charge in [0.25, 0.3) is 0 Å². The highest BCUT2D eigenvalue weighted by atomic mass is 32.2. The molecule has 8 nitrogen and oxygen atoms in total. The topological polar surface area (TPSA) is 103 Å². The van der Waals surface area contributed by atoms with E-state index in [0.717, 1.165) is 26.2 Å². The molecule has 1 heterocycles. The van der Waals surface area contributed by atoms with Gasteiger partial charge < -0.3 is 4.74 Å². The first-order valence-corrected chi connectivity index (χ1v) is 10.1. The zero-order chi connectivity index (χ0) is 19.8. The molecule has 0 spiro atoms. The molecule has 0 bridgehead atoms. The standard InChI is InChI=1S/C17H17N3O5S2/c1-11-4-7-16-13(8-11)18-17(26-16)10-25-15-6-5-12(9-14(15)20(21)22)27(23,24)19(2)3/h4-9H,10H2,1-3H3. The molecule has 0 aliphatic carbocycles. The molecule has 0 fully saturated rings. The minimum Gasteiger partial charge on any atom is -0.479 e. The van der Waals surface area contributed by atoms with Crippen molar-refractivity contribution in [3.8, 4) is 5.75 Å². The third-order valence-electron chi connectivity index (χ3n) is 3.84. The lowest BCUT2D eigenvalue weighted by atomic mass is 10.2. The van der Waals surface area contributed by atoms with Gasteiger partial charge in [-0.15, -0.1) is 11.3 Å². The van der Waals surface area contributed by atoms with E-state index in [-0.39, 0.29) is 17.3 Å². The Morgan fingerprint density at radius 3 is 2.63 bits per heavy atom. The smallest absolute Gasteiger partial charge is 0.312 e. The first-order valence-electron chi connectivity index (χ1n) is 7.88. The normalized spacial score (nSPS) is 11.9. The van der Waals surface area contributed by atoms with E-state index in [2.05, 4.69) is 4.98 Å². The number of aromatic nitrogens is 1. The Balaban J connectivity index is 1.88. The van der Waals surface area contributed by atoms with E-state index in [0.29, 0.717) is 5.01 Å². The molecule has 0 aliphatic rings. The summed E-state index contributed by atoms with van der Waals surface area (Å²) in [6.45, 7) is 2.03. The maximum atomic E-state index is 12.2. The summed E-state index contributed by atoms with van der Waals surface area (Å²) in [5.41, 5.74) is 1.53. The van der Waals surface area contributed by atoms with Crippen LogP contribution in [0.5, 0.6) is 5.75 Å². The van der Waals surface area contributed by atoms with Crippen molar-refractivity contribution in [1.82, 2.24) is 9.29 Å². The maximum absolute atomic E-state index is 12.2. The molecule has 2 aromatic carbocycles. The van der Waals surface area contributed by atoms with Crippen LogP contribution >= 0.6 is 11.3 Å². The Morgan fingerprint density at radius 2 is 1.96 bits per heavy atom. The van der Waals surface area contributed by atoms with Crippen molar-refractivity contribution in [1.29, 1.82) is 0 Å². The third kappa shape index (κ3) is 3.92. The Morgan fingerprint density at radius 1 is 1.22 bits per heavy atom. The monoisotopic (exact) mass is 407 g/mol. The number of nitro benzene ring substituents is 1. The van der Waals surface area contributed by atoms with E-state index in [1.165, 1.54) is 37.6 Å². The van der Waals surface area contributed by atoms with Crippen LogP contribution in [0.2, 0.25) is 0 Å². The molecule has 0 saturated heterocycles. The number of nitrogens with zero attached hydrogens (tertiary/aromatic N) is 3. The number of nitro groups is 1.